The number of carbonyl (C=O) groups excluding carboxylic acids is 8. The number of nitrogens with one attached hydrogen (secondary N) is 7. The van der Waals surface area contributed by atoms with Gasteiger partial charge in [0.25, 0.3) is 0 Å². The van der Waals surface area contributed by atoms with Gasteiger partial charge in [0.05, 0.1) is 37.3 Å². The van der Waals surface area contributed by atoms with Crippen LogP contribution in [0, 0.1) is 11.8 Å². The number of nitrogens with two attached hydrogens (primary N) is 6. The summed E-state index contributed by atoms with van der Waals surface area (Å²) < 4.78 is 5.83. The molecule has 0 bridgehead atoms. The number of hydrogen-bond acceptors (Lipinski definition) is 17. The van der Waals surface area contributed by atoms with E-state index < -0.39 is 114 Å². The molecule has 0 saturated carbocycles. The van der Waals surface area contributed by atoms with Crippen molar-refractivity contribution in [1.29, 1.82) is 0 Å². The second-order valence-corrected chi connectivity index (χ2v) is 22.6. The molecule has 2 heterocycles. The molecule has 21 N–H and O–H groups in total. The number of amides is 6. The molecule has 484 valence electrons. The molecule has 28 nitrogen and oxygen atoms in total. The van der Waals surface area contributed by atoms with Crippen molar-refractivity contribution in [3.05, 3.63) is 90.0 Å². The third kappa shape index (κ3) is 25.2. The van der Waals surface area contributed by atoms with Crippen molar-refractivity contribution in [3.8, 4) is 5.75 Å². The molecule has 2 aliphatic rings. The van der Waals surface area contributed by atoms with Crippen LogP contribution in [0.5, 0.6) is 5.75 Å². The molecule has 4 rings (SSSR count). The summed E-state index contributed by atoms with van der Waals surface area (Å²) in [5.41, 5.74) is 36.8. The number of aliphatic hydroxyl groups excluding tert-OH is 1. The van der Waals surface area contributed by atoms with Crippen LogP contribution < -0.4 is 76.4 Å². The van der Waals surface area contributed by atoms with Gasteiger partial charge in [-0.3, -0.25) is 48.3 Å². The van der Waals surface area contributed by atoms with Gasteiger partial charge in [0, 0.05) is 45.1 Å². The highest BCUT2D eigenvalue weighted by molar-refractivity contribution is 5.97. The second-order valence-electron chi connectivity index (χ2n) is 22.6. The number of guanidine groups is 2. The number of benzene rings is 2. The third-order valence-corrected chi connectivity index (χ3v) is 14.7. The van der Waals surface area contributed by atoms with E-state index in [0.717, 1.165) is 11.1 Å². The van der Waals surface area contributed by atoms with Crippen LogP contribution >= 0.6 is 0 Å². The highest BCUT2D eigenvalue weighted by Crippen LogP contribution is 2.22. The fraction of sp³-hybridized carbons (Fsp3) is 0.550. The Hall–Kier alpha value is -8.31. The Morgan fingerprint density at radius 1 is 0.739 bits per heavy atom. The third-order valence-electron chi connectivity index (χ3n) is 14.7. The molecule has 2 aliphatic heterocycles. The van der Waals surface area contributed by atoms with E-state index in [1.54, 1.807) is 57.2 Å². The van der Waals surface area contributed by atoms with Crippen molar-refractivity contribution in [1.82, 2.24) is 42.1 Å². The van der Waals surface area contributed by atoms with Gasteiger partial charge in [0.1, 0.15) is 42.6 Å². The summed E-state index contributed by atoms with van der Waals surface area (Å²) >= 11 is 0. The summed E-state index contributed by atoms with van der Waals surface area (Å²) in [6, 6.07) is 6.11. The number of aliphatic carboxylic acids is 1. The number of hydrogen-bond donors (Lipinski definition) is 15. The van der Waals surface area contributed by atoms with E-state index in [9.17, 15) is 53.4 Å². The summed E-state index contributed by atoms with van der Waals surface area (Å²) in [7, 11) is 0. The van der Waals surface area contributed by atoms with E-state index in [0.29, 0.717) is 37.2 Å². The molecule has 2 saturated heterocycles. The Morgan fingerprint density at radius 2 is 1.34 bits per heavy atom. The minimum atomic E-state index is -1.61. The van der Waals surface area contributed by atoms with Crippen LogP contribution in [0.25, 0.3) is 0 Å². The number of carbonyl (C=O) groups is 9. The number of rotatable bonds is 39. The van der Waals surface area contributed by atoms with Gasteiger partial charge in [-0.15, -0.1) is 0 Å². The van der Waals surface area contributed by atoms with Gasteiger partial charge in [-0.25, -0.2) is 4.79 Å². The van der Waals surface area contributed by atoms with Crippen LogP contribution in [0.15, 0.2) is 88.9 Å². The number of ether oxygens (including phenoxy) is 1. The van der Waals surface area contributed by atoms with E-state index in [4.69, 9.17) is 39.1 Å². The topological polar surface area (TPSA) is 472 Å². The Kier molecular flexibility index (Phi) is 30.7. The van der Waals surface area contributed by atoms with Crippen LogP contribution in [0.3, 0.4) is 0 Å². The minimum absolute atomic E-state index is 0.000114. The average molecular weight is 1230 g/mol. The standard InChI is InChI=1S/C60H92N16O12/c1-35(2)27-46(73-52(80)44(18-11-25-69-60(65)66)72-56(84)49-19-12-26-76(49)57(85)42(62)16-10-24-68-59(63)64)54(82)75-48(33-77)55(83)71-43(50(78)32-67-30-36(3)4)17-9-8-15-41(61)51(79)39-29-45(70-31-39)53(81)74-47(58(86)87)28-37-20-22-40(23-21-37)88-34-38-13-6-5-7-14-38/h5-9,13-14,20-23,35,39,41-49,67,70,77H,3,10-12,15-19,24-34,61-62H2,1-2,4H3,(H,71,83)(H,72,84)(H,73,80)(H,74,81)(H,75,82)(H,86,87)(H4,63,64,68)(H4,65,66,69). The number of aliphatic imine (C=N–C) groups is 2. The predicted molar refractivity (Wildman–Crippen MR) is 331 cm³/mol. The van der Waals surface area contributed by atoms with E-state index in [2.05, 4.69) is 53.8 Å². The second kappa shape index (κ2) is 37.4. The van der Waals surface area contributed by atoms with Gasteiger partial charge >= 0.3 is 5.97 Å². The highest BCUT2D eigenvalue weighted by atomic mass is 16.5. The van der Waals surface area contributed by atoms with Crippen LogP contribution in [0.1, 0.15) is 96.1 Å². The van der Waals surface area contributed by atoms with Crippen molar-refractivity contribution >= 4 is 64.9 Å². The van der Waals surface area contributed by atoms with E-state index >= 15 is 0 Å². The number of ketones is 2. The zero-order valence-electron chi connectivity index (χ0n) is 50.6. The zero-order chi connectivity index (χ0) is 64.9. The molecular weight excluding hydrogens is 1140 g/mol. The molecule has 10 atom stereocenters. The first-order valence-electron chi connectivity index (χ1n) is 29.7. The molecule has 28 heteroatoms. The lowest BCUT2D eigenvalue weighted by Crippen LogP contribution is -2.60. The Morgan fingerprint density at radius 3 is 1.97 bits per heavy atom. The van der Waals surface area contributed by atoms with Crippen LogP contribution in [-0.2, 0) is 56.2 Å². The summed E-state index contributed by atoms with van der Waals surface area (Å²) in [4.78, 5) is 131. The number of nitrogens with zero attached hydrogens (tertiary/aromatic N) is 3. The summed E-state index contributed by atoms with van der Waals surface area (Å²) in [6.45, 7) is 9.42. The largest absolute Gasteiger partial charge is 0.489 e. The van der Waals surface area contributed by atoms with Crippen LogP contribution in [-0.4, -0.2) is 180 Å². The van der Waals surface area contributed by atoms with Gasteiger partial charge in [-0.2, -0.15) is 0 Å². The number of likely N-dealkylation sites (tertiary alicyclic amines) is 1. The van der Waals surface area contributed by atoms with Gasteiger partial charge < -0.3 is 91.5 Å². The Bertz CT molecular complexity index is 2760. The van der Waals surface area contributed by atoms with Crippen molar-refractivity contribution in [2.75, 3.05) is 45.9 Å². The van der Waals surface area contributed by atoms with Gasteiger partial charge in [0.2, 0.25) is 35.4 Å². The molecular formula is C60H92N16O12. The maximum absolute atomic E-state index is 14.2. The zero-order valence-corrected chi connectivity index (χ0v) is 50.6. The summed E-state index contributed by atoms with van der Waals surface area (Å²) in [5.74, 6) is -6.83. The maximum atomic E-state index is 14.2. The monoisotopic (exact) mass is 1230 g/mol. The lowest BCUT2D eigenvalue weighted by molar-refractivity contribution is -0.142. The van der Waals surface area contributed by atoms with Crippen molar-refractivity contribution < 1.29 is 58.1 Å². The van der Waals surface area contributed by atoms with E-state index in [1.165, 1.54) is 4.90 Å². The normalized spacial score (nSPS) is 17.9. The minimum Gasteiger partial charge on any atom is -0.489 e. The smallest absolute Gasteiger partial charge is 0.326 e. The molecule has 0 spiro atoms. The lowest BCUT2D eigenvalue weighted by atomic mass is 9.93. The Balaban J connectivity index is 1.36. The predicted octanol–water partition coefficient (Wildman–Crippen LogP) is -2.27. The summed E-state index contributed by atoms with van der Waals surface area (Å²) in [5, 5.41) is 39.6. The molecule has 2 aromatic carbocycles. The number of aliphatic hydroxyl groups is 1. The quantitative estimate of drug-likeness (QED) is 0.0145. The Labute approximate surface area is 513 Å². The average Bonchev–Trinajstić information content (AvgIpc) is 3.83. The van der Waals surface area contributed by atoms with Gasteiger partial charge in [-0.05, 0) is 100 Å². The van der Waals surface area contributed by atoms with Gasteiger partial charge in [-0.1, -0.05) is 80.6 Å². The highest BCUT2D eigenvalue weighted by Gasteiger charge is 2.39. The van der Waals surface area contributed by atoms with Crippen molar-refractivity contribution in [2.45, 2.75) is 152 Å². The first-order valence-corrected chi connectivity index (χ1v) is 29.7. The number of carboxylic acid groups (broad SMARTS) is 1. The fourth-order valence-electron chi connectivity index (χ4n) is 9.92. The van der Waals surface area contributed by atoms with E-state index in [-0.39, 0.29) is 114 Å². The SMILES string of the molecule is C=C(C)CNCC(=O)C(CC=CCC(N)C(=O)C1CNC(C(=O)NC(Cc2ccc(OCc3ccccc3)cc2)C(=O)O)C1)NC(=O)C(CO)NC(=O)C(CC(C)C)NC(=O)C(CCCN=C(N)N)NC(=O)C1CCCN1C(=O)C(N)CCCN=C(N)N. The summed E-state index contributed by atoms with van der Waals surface area (Å²) in [6.07, 6.45) is 4.84. The first-order chi connectivity index (χ1) is 41.9. The van der Waals surface area contributed by atoms with Gasteiger partial charge in [0.15, 0.2) is 23.5 Å². The first kappa shape index (κ1) is 72.2. The molecule has 2 fully saturated rings. The molecule has 10 unspecified atom stereocenters. The molecule has 6 amide bonds. The molecule has 0 aromatic heterocycles. The molecule has 0 radical (unpaired) electrons. The van der Waals surface area contributed by atoms with E-state index in [1.807, 2.05) is 30.3 Å². The number of carboxylic acids is 1. The van der Waals surface area contributed by atoms with Crippen LogP contribution in [0.2, 0.25) is 0 Å². The van der Waals surface area contributed by atoms with Crippen molar-refractivity contribution in [2.24, 2.45) is 56.2 Å². The molecule has 88 heavy (non-hydrogen) atoms. The van der Waals surface area contributed by atoms with Crippen LogP contribution in [0.4, 0.5) is 0 Å². The molecule has 2 aromatic rings. The number of Topliss-reactive ketones (excluding diaryl/α,β-unsaturated/α-hetero) is 2. The lowest BCUT2D eigenvalue weighted by Gasteiger charge is -2.29. The fourth-order valence-corrected chi connectivity index (χ4v) is 9.92. The molecule has 0 aliphatic carbocycles. The van der Waals surface area contributed by atoms with Crippen molar-refractivity contribution in [3.63, 3.8) is 0 Å². The maximum Gasteiger partial charge on any atom is 0.326 e.